The van der Waals surface area contributed by atoms with E-state index in [4.69, 9.17) is 10.5 Å². The molecule has 0 heterocycles. The van der Waals surface area contributed by atoms with E-state index in [1.54, 1.807) is 24.3 Å². The van der Waals surface area contributed by atoms with Crippen LogP contribution in [0, 0.1) is 5.92 Å². The van der Waals surface area contributed by atoms with E-state index >= 15 is 0 Å². The van der Waals surface area contributed by atoms with Crippen LogP contribution in [0.4, 0.5) is 13.2 Å². The van der Waals surface area contributed by atoms with Crippen molar-refractivity contribution in [3.05, 3.63) is 29.8 Å². The third-order valence-electron chi connectivity index (χ3n) is 3.46. The number of alkyl halides is 3. The van der Waals surface area contributed by atoms with Crippen LogP contribution in [-0.4, -0.2) is 36.4 Å². The van der Waals surface area contributed by atoms with Crippen LogP contribution in [0.3, 0.4) is 0 Å². The molecule has 3 unspecified atom stereocenters. The Morgan fingerprint density at radius 3 is 2.17 bits per heavy atom. The molecule has 23 heavy (non-hydrogen) atoms. The summed E-state index contributed by atoms with van der Waals surface area (Å²) >= 11 is 0. The molecule has 130 valence electrons. The number of hydrogen-bond acceptors (Lipinski definition) is 4. The van der Waals surface area contributed by atoms with Crippen LogP contribution in [0.25, 0.3) is 0 Å². The Labute approximate surface area is 132 Å². The number of amides is 1. The molecular weight excluding hydrogens is 313 g/mol. The zero-order valence-electron chi connectivity index (χ0n) is 13.1. The second-order valence-corrected chi connectivity index (χ2v) is 5.52. The molecule has 0 aliphatic heterocycles. The van der Waals surface area contributed by atoms with Crippen molar-refractivity contribution in [3.63, 3.8) is 0 Å². The summed E-state index contributed by atoms with van der Waals surface area (Å²) < 4.78 is 43.0. The minimum atomic E-state index is -4.83. The normalized spacial score (nSPS) is 15.9. The maximum Gasteiger partial charge on any atom is 0.416 e. The van der Waals surface area contributed by atoms with Crippen LogP contribution in [0.1, 0.15) is 25.5 Å². The fraction of sp³-hybridized carbons (Fsp3) is 0.533. The minimum absolute atomic E-state index is 0.423. The zero-order valence-corrected chi connectivity index (χ0v) is 13.1. The lowest BCUT2D eigenvalue weighted by Gasteiger charge is -2.29. The first-order chi connectivity index (χ1) is 10.6. The van der Waals surface area contributed by atoms with Crippen molar-refractivity contribution in [2.24, 2.45) is 11.7 Å². The number of halogens is 3. The molecule has 1 rings (SSSR count). The van der Waals surface area contributed by atoms with Gasteiger partial charge in [0.05, 0.1) is 13.2 Å². The lowest BCUT2D eigenvalue weighted by Crippen LogP contribution is -2.54. The number of aliphatic hydroxyl groups is 1. The summed E-state index contributed by atoms with van der Waals surface area (Å²) in [7, 11) is 1.48. The van der Waals surface area contributed by atoms with Gasteiger partial charge in [-0.15, -0.1) is 0 Å². The monoisotopic (exact) mass is 334 g/mol. The van der Waals surface area contributed by atoms with Crippen LogP contribution in [0.5, 0.6) is 5.75 Å². The highest BCUT2D eigenvalue weighted by Gasteiger charge is 2.45. The number of ether oxygens (including phenoxy) is 1. The summed E-state index contributed by atoms with van der Waals surface area (Å²) in [5.41, 5.74) is 6.20. The molecule has 0 aromatic heterocycles. The van der Waals surface area contributed by atoms with Gasteiger partial charge in [-0.3, -0.25) is 4.79 Å². The lowest BCUT2D eigenvalue weighted by atomic mass is 9.97. The van der Waals surface area contributed by atoms with Crippen LogP contribution in [0.15, 0.2) is 24.3 Å². The van der Waals surface area contributed by atoms with Crippen LogP contribution >= 0.6 is 0 Å². The maximum atomic E-state index is 12.7. The quantitative estimate of drug-likeness (QED) is 0.740. The Morgan fingerprint density at radius 2 is 1.78 bits per heavy atom. The Kier molecular flexibility index (Phi) is 6.40. The Bertz CT molecular complexity index is 518. The van der Waals surface area contributed by atoms with Gasteiger partial charge in [-0.25, -0.2) is 0 Å². The van der Waals surface area contributed by atoms with Crippen molar-refractivity contribution >= 4 is 5.91 Å². The van der Waals surface area contributed by atoms with Crippen molar-refractivity contribution in [1.82, 2.24) is 5.32 Å². The number of benzene rings is 1. The Balaban J connectivity index is 2.85. The average molecular weight is 334 g/mol. The molecule has 0 radical (unpaired) electrons. The molecule has 8 heteroatoms. The van der Waals surface area contributed by atoms with Crippen molar-refractivity contribution in [3.8, 4) is 5.75 Å². The number of hydrogen-bond donors (Lipinski definition) is 3. The standard InChI is InChI=1S/C15H21F3N2O3/c1-8(2)12(13(21)15(16,17)18)20-14(22)11(19)9-4-6-10(23-3)7-5-9/h4-8,11-13,21H,19H2,1-3H3,(H,20,22). The van der Waals surface area contributed by atoms with Gasteiger partial charge >= 0.3 is 6.18 Å². The second-order valence-electron chi connectivity index (χ2n) is 5.52. The molecule has 0 bridgehead atoms. The highest BCUT2D eigenvalue weighted by molar-refractivity contribution is 5.83. The van der Waals surface area contributed by atoms with E-state index < -0.39 is 36.2 Å². The third-order valence-corrected chi connectivity index (χ3v) is 3.46. The number of nitrogens with two attached hydrogens (primary N) is 1. The van der Waals surface area contributed by atoms with Gasteiger partial charge in [-0.2, -0.15) is 13.2 Å². The van der Waals surface area contributed by atoms with E-state index in [0.29, 0.717) is 11.3 Å². The van der Waals surface area contributed by atoms with E-state index in [-0.39, 0.29) is 0 Å². The molecule has 0 aliphatic rings. The van der Waals surface area contributed by atoms with E-state index in [0.717, 1.165) is 0 Å². The van der Waals surface area contributed by atoms with E-state index in [1.165, 1.54) is 21.0 Å². The summed E-state index contributed by atoms with van der Waals surface area (Å²) in [5.74, 6) is -0.857. The number of nitrogens with one attached hydrogen (secondary N) is 1. The number of rotatable bonds is 6. The van der Waals surface area contributed by atoms with Gasteiger partial charge in [0.2, 0.25) is 5.91 Å². The van der Waals surface area contributed by atoms with Crippen LogP contribution < -0.4 is 15.8 Å². The molecule has 0 aliphatic carbocycles. The molecular formula is C15H21F3N2O3. The number of aliphatic hydroxyl groups excluding tert-OH is 1. The van der Waals surface area contributed by atoms with Crippen LogP contribution in [0.2, 0.25) is 0 Å². The molecule has 4 N–H and O–H groups in total. The molecule has 0 saturated carbocycles. The first kappa shape index (κ1) is 19.2. The number of methoxy groups -OCH3 is 1. The highest BCUT2D eigenvalue weighted by Crippen LogP contribution is 2.26. The Hall–Kier alpha value is -1.80. The number of carbonyl (C=O) groups excluding carboxylic acids is 1. The van der Waals surface area contributed by atoms with Crippen molar-refractivity contribution < 1.29 is 27.8 Å². The molecule has 0 saturated heterocycles. The number of carbonyl (C=O) groups is 1. The topological polar surface area (TPSA) is 84.6 Å². The van der Waals surface area contributed by atoms with Crippen molar-refractivity contribution in [1.29, 1.82) is 0 Å². The molecule has 0 spiro atoms. The summed E-state index contributed by atoms with van der Waals surface area (Å²) in [6, 6.07) is 3.65. The van der Waals surface area contributed by atoms with Gasteiger partial charge in [0, 0.05) is 0 Å². The van der Waals surface area contributed by atoms with E-state index in [9.17, 15) is 23.1 Å². The predicted octanol–water partition coefficient (Wildman–Crippen LogP) is 1.76. The van der Waals surface area contributed by atoms with Gasteiger partial charge in [0.1, 0.15) is 11.8 Å². The molecule has 1 amide bonds. The second kappa shape index (κ2) is 7.65. The Morgan fingerprint density at radius 1 is 1.26 bits per heavy atom. The highest BCUT2D eigenvalue weighted by atomic mass is 19.4. The molecule has 3 atom stereocenters. The fourth-order valence-electron chi connectivity index (χ4n) is 2.03. The van der Waals surface area contributed by atoms with Gasteiger partial charge in [-0.1, -0.05) is 26.0 Å². The van der Waals surface area contributed by atoms with Crippen LogP contribution in [-0.2, 0) is 4.79 Å². The van der Waals surface area contributed by atoms with E-state index in [2.05, 4.69) is 5.32 Å². The molecule has 5 nitrogen and oxygen atoms in total. The van der Waals surface area contributed by atoms with Crippen molar-refractivity contribution in [2.75, 3.05) is 7.11 Å². The van der Waals surface area contributed by atoms with Gasteiger partial charge in [0.15, 0.2) is 6.10 Å². The molecule has 1 aromatic rings. The molecule has 1 aromatic carbocycles. The lowest BCUT2D eigenvalue weighted by molar-refractivity contribution is -0.215. The fourth-order valence-corrected chi connectivity index (χ4v) is 2.03. The average Bonchev–Trinajstić information content (AvgIpc) is 2.49. The smallest absolute Gasteiger partial charge is 0.416 e. The zero-order chi connectivity index (χ0) is 17.8. The predicted molar refractivity (Wildman–Crippen MR) is 78.8 cm³/mol. The summed E-state index contributed by atoms with van der Waals surface area (Å²) in [4.78, 5) is 12.1. The third kappa shape index (κ3) is 5.11. The maximum absolute atomic E-state index is 12.7. The first-order valence-corrected chi connectivity index (χ1v) is 7.02. The minimum Gasteiger partial charge on any atom is -0.497 e. The SMILES string of the molecule is COc1ccc(C(N)C(=O)NC(C(C)C)C(O)C(F)(F)F)cc1. The largest absolute Gasteiger partial charge is 0.497 e. The first-order valence-electron chi connectivity index (χ1n) is 7.02. The summed E-state index contributed by atoms with van der Waals surface area (Å²) in [5, 5.41) is 11.6. The van der Waals surface area contributed by atoms with Gasteiger partial charge < -0.3 is 20.9 Å². The molecule has 0 fully saturated rings. The van der Waals surface area contributed by atoms with Gasteiger partial charge in [-0.05, 0) is 23.6 Å². The summed E-state index contributed by atoms with van der Waals surface area (Å²) in [6.45, 7) is 2.94. The van der Waals surface area contributed by atoms with Crippen molar-refractivity contribution in [2.45, 2.75) is 38.2 Å². The van der Waals surface area contributed by atoms with E-state index in [1.807, 2.05) is 0 Å². The van der Waals surface area contributed by atoms with Gasteiger partial charge in [0.25, 0.3) is 0 Å². The summed E-state index contributed by atoms with van der Waals surface area (Å²) in [6.07, 6.45) is -7.48.